The lowest BCUT2D eigenvalue weighted by molar-refractivity contribution is -0.115. The molecule has 0 aliphatic carbocycles. The van der Waals surface area contributed by atoms with E-state index in [-0.39, 0.29) is 12.3 Å². The minimum atomic E-state index is -0.115. The predicted octanol–water partition coefficient (Wildman–Crippen LogP) is 3.22. The smallest absolute Gasteiger partial charge is 0.228 e. The zero-order valence-electron chi connectivity index (χ0n) is 11.0. The number of hydrogen-bond donors (Lipinski definition) is 2. The number of nitrogens with one attached hydrogen (secondary N) is 1. The Labute approximate surface area is 126 Å². The minimum absolute atomic E-state index is 0.115. The van der Waals surface area contributed by atoms with E-state index in [0.717, 1.165) is 10.0 Å². The molecule has 20 heavy (non-hydrogen) atoms. The monoisotopic (exact) mass is 334 g/mol. The Balaban J connectivity index is 2.07. The van der Waals surface area contributed by atoms with Crippen LogP contribution in [0.25, 0.3) is 0 Å². The highest BCUT2D eigenvalue weighted by molar-refractivity contribution is 9.10. The summed E-state index contributed by atoms with van der Waals surface area (Å²) in [5.41, 5.74) is 7.88. The first-order valence-electron chi connectivity index (χ1n) is 6.07. The molecule has 2 aromatic carbocycles. The van der Waals surface area contributed by atoms with Crippen LogP contribution in [0.4, 0.5) is 11.4 Å². The summed E-state index contributed by atoms with van der Waals surface area (Å²) >= 11 is 3.31. The fourth-order valence-corrected chi connectivity index (χ4v) is 2.10. The van der Waals surface area contributed by atoms with Gasteiger partial charge >= 0.3 is 0 Å². The Morgan fingerprint density at radius 2 is 2.05 bits per heavy atom. The fraction of sp³-hybridized carbons (Fsp3) is 0.133. The molecule has 2 rings (SSSR count). The number of ether oxygens (including phenoxy) is 1. The molecule has 2 aromatic rings. The molecule has 3 N–H and O–H groups in total. The number of hydrogen-bond acceptors (Lipinski definition) is 3. The van der Waals surface area contributed by atoms with Gasteiger partial charge in [0.05, 0.1) is 13.5 Å². The second-order valence-corrected chi connectivity index (χ2v) is 5.13. The minimum Gasteiger partial charge on any atom is -0.496 e. The highest BCUT2D eigenvalue weighted by Gasteiger charge is 2.09. The van der Waals surface area contributed by atoms with Crippen molar-refractivity contribution in [2.24, 2.45) is 0 Å². The van der Waals surface area contributed by atoms with Gasteiger partial charge in [0.15, 0.2) is 0 Å². The summed E-state index contributed by atoms with van der Waals surface area (Å²) in [6, 6.07) is 12.8. The second kappa shape index (κ2) is 6.43. The molecule has 0 unspecified atom stereocenters. The quantitative estimate of drug-likeness (QED) is 0.843. The van der Waals surface area contributed by atoms with E-state index in [0.29, 0.717) is 17.1 Å². The Kier molecular flexibility index (Phi) is 4.63. The number of halogens is 1. The third-order valence-corrected chi connectivity index (χ3v) is 3.55. The van der Waals surface area contributed by atoms with Crippen molar-refractivity contribution in [2.75, 3.05) is 18.2 Å². The lowest BCUT2D eigenvalue weighted by Gasteiger charge is -2.09. The van der Waals surface area contributed by atoms with E-state index in [1.54, 1.807) is 25.3 Å². The molecular weight excluding hydrogens is 320 g/mol. The van der Waals surface area contributed by atoms with E-state index in [4.69, 9.17) is 10.5 Å². The van der Waals surface area contributed by atoms with E-state index in [9.17, 15) is 4.79 Å². The molecule has 0 aromatic heterocycles. The summed E-state index contributed by atoms with van der Waals surface area (Å²) in [5.74, 6) is 0.592. The Morgan fingerprint density at radius 1 is 1.30 bits per heavy atom. The third kappa shape index (κ3) is 3.51. The summed E-state index contributed by atoms with van der Waals surface area (Å²) in [5, 5.41) is 2.81. The van der Waals surface area contributed by atoms with Crippen LogP contribution in [0.5, 0.6) is 5.75 Å². The van der Waals surface area contributed by atoms with Crippen molar-refractivity contribution in [1.29, 1.82) is 0 Å². The van der Waals surface area contributed by atoms with Gasteiger partial charge in [-0.05, 0) is 40.2 Å². The summed E-state index contributed by atoms with van der Waals surface area (Å²) in [6.45, 7) is 0. The van der Waals surface area contributed by atoms with Crippen molar-refractivity contribution in [3.63, 3.8) is 0 Å². The normalized spacial score (nSPS) is 10.1. The first-order chi connectivity index (χ1) is 9.60. The van der Waals surface area contributed by atoms with E-state index >= 15 is 0 Å². The maximum absolute atomic E-state index is 12.0. The van der Waals surface area contributed by atoms with Gasteiger partial charge < -0.3 is 15.8 Å². The number of carbonyl (C=O) groups excluding carboxylic acids is 1. The van der Waals surface area contributed by atoms with Crippen molar-refractivity contribution in [2.45, 2.75) is 6.42 Å². The first kappa shape index (κ1) is 14.4. The summed E-state index contributed by atoms with van der Waals surface area (Å²) < 4.78 is 6.03. The average molecular weight is 335 g/mol. The first-order valence-corrected chi connectivity index (χ1v) is 6.86. The van der Waals surface area contributed by atoms with Crippen molar-refractivity contribution in [1.82, 2.24) is 0 Å². The molecule has 0 bridgehead atoms. The summed E-state index contributed by atoms with van der Waals surface area (Å²) in [4.78, 5) is 12.0. The second-order valence-electron chi connectivity index (χ2n) is 4.27. The number of carbonyl (C=O) groups is 1. The molecule has 5 heteroatoms. The van der Waals surface area contributed by atoms with Gasteiger partial charge in [-0.3, -0.25) is 4.79 Å². The van der Waals surface area contributed by atoms with Crippen molar-refractivity contribution in [3.05, 3.63) is 52.5 Å². The molecule has 0 aliphatic rings. The highest BCUT2D eigenvalue weighted by atomic mass is 79.9. The van der Waals surface area contributed by atoms with Crippen LogP contribution in [-0.4, -0.2) is 13.0 Å². The van der Waals surface area contributed by atoms with Crippen LogP contribution in [0.2, 0.25) is 0 Å². The predicted molar refractivity (Wildman–Crippen MR) is 83.9 cm³/mol. The Morgan fingerprint density at radius 3 is 2.75 bits per heavy atom. The molecule has 0 fully saturated rings. The van der Waals surface area contributed by atoms with Gasteiger partial charge in [-0.1, -0.05) is 18.2 Å². The molecular formula is C15H15BrN2O2. The number of benzene rings is 2. The molecule has 0 saturated heterocycles. The van der Waals surface area contributed by atoms with Crippen LogP contribution in [0.15, 0.2) is 46.9 Å². The van der Waals surface area contributed by atoms with Crippen LogP contribution < -0.4 is 15.8 Å². The van der Waals surface area contributed by atoms with E-state index < -0.39 is 0 Å². The van der Waals surface area contributed by atoms with E-state index in [1.807, 2.05) is 24.3 Å². The van der Waals surface area contributed by atoms with Crippen LogP contribution in [0, 0.1) is 0 Å². The van der Waals surface area contributed by atoms with Gasteiger partial charge in [-0.25, -0.2) is 0 Å². The van der Waals surface area contributed by atoms with E-state index in [2.05, 4.69) is 21.2 Å². The van der Waals surface area contributed by atoms with Crippen LogP contribution >= 0.6 is 15.9 Å². The lowest BCUT2D eigenvalue weighted by atomic mass is 10.1. The molecule has 4 nitrogen and oxygen atoms in total. The summed E-state index contributed by atoms with van der Waals surface area (Å²) in [6.07, 6.45) is 0.250. The molecule has 0 radical (unpaired) electrons. The van der Waals surface area contributed by atoms with Crippen molar-refractivity contribution >= 4 is 33.2 Å². The fourth-order valence-electron chi connectivity index (χ4n) is 1.85. The van der Waals surface area contributed by atoms with Crippen LogP contribution in [0.1, 0.15) is 5.56 Å². The van der Waals surface area contributed by atoms with E-state index in [1.165, 1.54) is 0 Å². The number of rotatable bonds is 4. The number of methoxy groups -OCH3 is 1. The van der Waals surface area contributed by atoms with Gasteiger partial charge in [-0.15, -0.1) is 0 Å². The largest absolute Gasteiger partial charge is 0.496 e. The molecule has 1 amide bonds. The Bertz CT molecular complexity index is 629. The van der Waals surface area contributed by atoms with Crippen molar-refractivity contribution in [3.8, 4) is 5.75 Å². The van der Waals surface area contributed by atoms with Crippen LogP contribution in [0.3, 0.4) is 0 Å². The van der Waals surface area contributed by atoms with Gasteiger partial charge in [0, 0.05) is 21.4 Å². The number of nitrogen functional groups attached to an aromatic ring is 1. The molecule has 0 spiro atoms. The van der Waals surface area contributed by atoms with Gasteiger partial charge in [0.25, 0.3) is 0 Å². The zero-order chi connectivity index (χ0) is 14.5. The molecule has 0 heterocycles. The third-order valence-electron chi connectivity index (χ3n) is 2.82. The highest BCUT2D eigenvalue weighted by Crippen LogP contribution is 2.23. The molecule has 104 valence electrons. The lowest BCUT2D eigenvalue weighted by Crippen LogP contribution is -2.15. The summed E-state index contributed by atoms with van der Waals surface area (Å²) in [7, 11) is 1.59. The number of nitrogens with two attached hydrogens (primary N) is 1. The number of para-hydroxylation sites is 1. The van der Waals surface area contributed by atoms with Crippen molar-refractivity contribution < 1.29 is 9.53 Å². The van der Waals surface area contributed by atoms with Gasteiger partial charge in [0.1, 0.15) is 5.75 Å². The SMILES string of the molecule is COc1ccccc1CC(=O)Nc1ccc(Br)c(N)c1. The molecule has 0 saturated carbocycles. The number of amides is 1. The van der Waals surface area contributed by atoms with Gasteiger partial charge in [-0.2, -0.15) is 0 Å². The van der Waals surface area contributed by atoms with Crippen LogP contribution in [-0.2, 0) is 11.2 Å². The maximum atomic E-state index is 12.0. The topological polar surface area (TPSA) is 64.3 Å². The maximum Gasteiger partial charge on any atom is 0.228 e. The van der Waals surface area contributed by atoms with Gasteiger partial charge in [0.2, 0.25) is 5.91 Å². The zero-order valence-corrected chi connectivity index (χ0v) is 12.6. The molecule has 0 atom stereocenters. The molecule has 0 aliphatic heterocycles. The number of anilines is 2. The Hall–Kier alpha value is -2.01. The average Bonchev–Trinajstić information content (AvgIpc) is 2.43. The standard InChI is InChI=1S/C15H15BrN2O2/c1-20-14-5-3-2-4-10(14)8-15(19)18-11-6-7-12(16)13(17)9-11/h2-7,9H,8,17H2,1H3,(H,18,19).